The van der Waals surface area contributed by atoms with E-state index in [1.165, 1.54) is 5.57 Å². The number of aliphatic hydroxyl groups excluding tert-OH is 1. The van der Waals surface area contributed by atoms with Crippen molar-refractivity contribution in [2.75, 3.05) is 6.61 Å². The minimum atomic E-state index is -1.34. The van der Waals surface area contributed by atoms with E-state index in [9.17, 15) is 24.9 Å². The van der Waals surface area contributed by atoms with E-state index in [0.29, 0.717) is 25.9 Å². The smallest absolute Gasteiger partial charge is 0.331 e. The van der Waals surface area contributed by atoms with Crippen molar-refractivity contribution in [1.82, 2.24) is 0 Å². The van der Waals surface area contributed by atoms with Gasteiger partial charge in [-0.15, -0.1) is 0 Å². The zero-order chi connectivity index (χ0) is 20.6. The molecule has 0 spiro atoms. The van der Waals surface area contributed by atoms with Crippen LogP contribution in [0.15, 0.2) is 23.3 Å². The summed E-state index contributed by atoms with van der Waals surface area (Å²) >= 11 is 0. The summed E-state index contributed by atoms with van der Waals surface area (Å²) in [6, 6.07) is 0. The summed E-state index contributed by atoms with van der Waals surface area (Å²) in [4.78, 5) is 24.2. The Morgan fingerprint density at radius 3 is 2.69 bits per heavy atom. The maximum Gasteiger partial charge on any atom is 0.331 e. The lowest BCUT2D eigenvalue weighted by atomic mass is 9.43. The van der Waals surface area contributed by atoms with Crippen LogP contribution in [0, 0.1) is 28.6 Å². The van der Waals surface area contributed by atoms with Gasteiger partial charge in [-0.1, -0.05) is 18.6 Å². The monoisotopic (exact) mass is 402 g/mol. The van der Waals surface area contributed by atoms with E-state index in [2.05, 4.69) is 13.0 Å². The van der Waals surface area contributed by atoms with Gasteiger partial charge in [0.1, 0.15) is 6.61 Å². The number of fused-ring (bicyclic) bond motifs is 5. The minimum Gasteiger partial charge on any atom is -0.481 e. The highest BCUT2D eigenvalue weighted by Crippen LogP contribution is 2.67. The lowest BCUT2D eigenvalue weighted by Crippen LogP contribution is -2.66. The van der Waals surface area contributed by atoms with Crippen LogP contribution in [0.5, 0.6) is 0 Å². The average Bonchev–Trinajstić information content (AvgIpc) is 3.23. The maximum atomic E-state index is 12.6. The molecule has 0 saturated heterocycles. The Hall–Kier alpha value is -1.66. The molecular weight excluding hydrogens is 372 g/mol. The molecule has 0 bridgehead atoms. The number of allylic oxidation sites excluding steroid dienone is 2. The Balaban J connectivity index is 1.51. The van der Waals surface area contributed by atoms with Crippen LogP contribution in [0.2, 0.25) is 0 Å². The van der Waals surface area contributed by atoms with Gasteiger partial charge in [0.25, 0.3) is 0 Å². The van der Waals surface area contributed by atoms with Gasteiger partial charge >= 0.3 is 11.9 Å². The first kappa shape index (κ1) is 19.3. The highest BCUT2D eigenvalue weighted by atomic mass is 16.5. The van der Waals surface area contributed by atoms with Crippen LogP contribution in [0.1, 0.15) is 58.3 Å². The normalized spacial score (nSPS) is 48.7. The van der Waals surface area contributed by atoms with Crippen LogP contribution in [-0.4, -0.2) is 45.6 Å². The van der Waals surface area contributed by atoms with Crippen LogP contribution in [0.4, 0.5) is 0 Å². The molecule has 1 aliphatic heterocycles. The molecule has 29 heavy (non-hydrogen) atoms. The van der Waals surface area contributed by atoms with Gasteiger partial charge < -0.3 is 20.1 Å². The van der Waals surface area contributed by atoms with Gasteiger partial charge in [-0.05, 0) is 73.7 Å². The van der Waals surface area contributed by atoms with Crippen molar-refractivity contribution in [3.8, 4) is 0 Å². The largest absolute Gasteiger partial charge is 0.481 e. The summed E-state index contributed by atoms with van der Waals surface area (Å²) in [5.41, 5.74) is -0.208. The summed E-state index contributed by atoms with van der Waals surface area (Å²) in [5.74, 6) is -0.902. The van der Waals surface area contributed by atoms with Crippen molar-refractivity contribution in [1.29, 1.82) is 0 Å². The number of cyclic esters (lactones) is 1. The number of hydrogen-bond donors (Lipinski definition) is 3. The van der Waals surface area contributed by atoms with Gasteiger partial charge in [0.2, 0.25) is 0 Å². The molecule has 0 unspecified atom stereocenters. The Labute approximate surface area is 170 Å². The lowest BCUT2D eigenvalue weighted by Gasteiger charge is -2.61. The first-order valence-corrected chi connectivity index (χ1v) is 10.9. The van der Waals surface area contributed by atoms with Crippen LogP contribution < -0.4 is 0 Å². The fraction of sp³-hybridized carbons (Fsp3) is 0.739. The van der Waals surface area contributed by atoms with Crippen molar-refractivity contribution in [2.24, 2.45) is 28.6 Å². The quantitative estimate of drug-likeness (QED) is 0.484. The predicted molar refractivity (Wildman–Crippen MR) is 104 cm³/mol. The van der Waals surface area contributed by atoms with E-state index in [4.69, 9.17) is 4.74 Å². The molecule has 158 valence electrons. The summed E-state index contributed by atoms with van der Waals surface area (Å²) in [6.45, 7) is 2.63. The summed E-state index contributed by atoms with van der Waals surface area (Å²) in [6.07, 6.45) is 7.86. The van der Waals surface area contributed by atoms with Crippen LogP contribution >= 0.6 is 0 Å². The van der Waals surface area contributed by atoms with E-state index < -0.39 is 23.1 Å². The van der Waals surface area contributed by atoms with Gasteiger partial charge in [-0.3, -0.25) is 4.79 Å². The van der Waals surface area contributed by atoms with Gasteiger partial charge in [0.05, 0.1) is 17.1 Å². The third-order valence-electron chi connectivity index (χ3n) is 9.15. The van der Waals surface area contributed by atoms with E-state index in [0.717, 1.165) is 31.3 Å². The highest BCUT2D eigenvalue weighted by Gasteiger charge is 2.68. The Kier molecular flexibility index (Phi) is 4.11. The van der Waals surface area contributed by atoms with Gasteiger partial charge in [0.15, 0.2) is 0 Å². The summed E-state index contributed by atoms with van der Waals surface area (Å²) in [5, 5.41) is 32.0. The van der Waals surface area contributed by atoms with Crippen molar-refractivity contribution < 1.29 is 29.6 Å². The molecule has 0 aromatic heterocycles. The zero-order valence-electron chi connectivity index (χ0n) is 16.9. The second kappa shape index (κ2) is 6.17. The van der Waals surface area contributed by atoms with Gasteiger partial charge in [-0.2, -0.15) is 0 Å². The molecule has 4 aliphatic carbocycles. The fourth-order valence-electron chi connectivity index (χ4n) is 7.82. The third kappa shape index (κ3) is 2.42. The second-order valence-corrected chi connectivity index (χ2v) is 10.2. The lowest BCUT2D eigenvalue weighted by molar-refractivity contribution is -0.222. The summed E-state index contributed by atoms with van der Waals surface area (Å²) < 4.78 is 5.16. The molecule has 1 heterocycles. The van der Waals surface area contributed by atoms with Gasteiger partial charge in [-0.25, -0.2) is 4.79 Å². The third-order valence-corrected chi connectivity index (χ3v) is 9.15. The number of hydrogen-bond acceptors (Lipinski definition) is 5. The number of rotatable bonds is 2. The van der Waals surface area contributed by atoms with Crippen LogP contribution in [-0.2, 0) is 14.3 Å². The molecule has 3 fully saturated rings. The predicted octanol–water partition coefficient (Wildman–Crippen LogP) is 2.59. The molecular formula is C23H30O6. The number of carbonyl (C=O) groups is 2. The fourth-order valence-corrected chi connectivity index (χ4v) is 7.82. The average molecular weight is 402 g/mol. The maximum absolute atomic E-state index is 12.6. The first-order valence-electron chi connectivity index (χ1n) is 10.9. The minimum absolute atomic E-state index is 0.0791. The molecule has 6 nitrogen and oxygen atoms in total. The molecule has 3 N–H and O–H groups in total. The number of ether oxygens (including phenoxy) is 1. The second-order valence-electron chi connectivity index (χ2n) is 10.2. The molecule has 7 atom stereocenters. The molecule has 3 saturated carbocycles. The SMILES string of the molecule is C[C@]12CC[C@@H]3[C@H](CC[C@]4(O)C[C@@H](O)CC[C@]34C(=O)O)C1=CC[C@H]2C1=CC(=O)OC1. The van der Waals surface area contributed by atoms with Crippen LogP contribution in [0.25, 0.3) is 0 Å². The first-order chi connectivity index (χ1) is 13.7. The Bertz CT molecular complexity index is 829. The van der Waals surface area contributed by atoms with Crippen LogP contribution in [0.3, 0.4) is 0 Å². The van der Waals surface area contributed by atoms with Gasteiger partial charge in [0, 0.05) is 12.5 Å². The molecule has 6 heteroatoms. The number of aliphatic carboxylic acids is 1. The highest BCUT2D eigenvalue weighted by molar-refractivity contribution is 5.85. The van der Waals surface area contributed by atoms with Crippen molar-refractivity contribution in [2.45, 2.75) is 70.0 Å². The molecule has 0 aromatic carbocycles. The molecule has 0 aromatic rings. The summed E-state index contributed by atoms with van der Waals surface area (Å²) in [7, 11) is 0. The molecule has 0 radical (unpaired) electrons. The topological polar surface area (TPSA) is 104 Å². The van der Waals surface area contributed by atoms with Crippen molar-refractivity contribution in [3.63, 3.8) is 0 Å². The Morgan fingerprint density at radius 1 is 1.21 bits per heavy atom. The Morgan fingerprint density at radius 2 is 2.00 bits per heavy atom. The molecule has 5 rings (SSSR count). The van der Waals surface area contributed by atoms with E-state index in [-0.39, 0.29) is 35.6 Å². The number of carbonyl (C=O) groups excluding carboxylic acids is 1. The number of carboxylic acids is 1. The van der Waals surface area contributed by atoms with E-state index >= 15 is 0 Å². The zero-order valence-corrected chi connectivity index (χ0v) is 16.9. The van der Waals surface area contributed by atoms with Crippen molar-refractivity contribution in [3.05, 3.63) is 23.3 Å². The molecule has 0 amide bonds. The number of esters is 1. The molecule has 5 aliphatic rings. The number of aliphatic hydroxyl groups is 2. The van der Waals surface area contributed by atoms with E-state index in [1.54, 1.807) is 6.08 Å². The number of carboxylic acid groups (broad SMARTS) is 1. The van der Waals surface area contributed by atoms with E-state index in [1.807, 2.05) is 0 Å². The standard InChI is InChI=1S/C23H30O6/c1-21-7-6-18-15(17(21)3-2-16(21)13-10-19(25)29-12-13)5-8-22(28)11-14(24)4-9-23(18,22)20(26)27/h3,10,14-16,18,24,28H,2,4-9,11-12H2,1H3,(H,26,27)/t14-,15+,16-,18+,21+,22-,23+/m0/s1. The van der Waals surface area contributed by atoms with Crippen molar-refractivity contribution >= 4 is 11.9 Å².